The van der Waals surface area contributed by atoms with Crippen LogP contribution in [0.5, 0.6) is 0 Å². The molecule has 0 aliphatic heterocycles. The van der Waals surface area contributed by atoms with Gasteiger partial charge in [-0.2, -0.15) is 11.8 Å². The quantitative estimate of drug-likeness (QED) is 0.294. The van der Waals surface area contributed by atoms with Crippen LogP contribution >= 0.6 is 11.8 Å². The summed E-state index contributed by atoms with van der Waals surface area (Å²) < 4.78 is 0. The average Bonchev–Trinajstić information content (AvgIpc) is 2.54. The van der Waals surface area contributed by atoms with Gasteiger partial charge >= 0.3 is 11.9 Å². The maximum Gasteiger partial charge on any atom is 0.326 e. The molecule has 2 amide bonds. The molecule has 0 aliphatic rings. The molecule has 26 heavy (non-hydrogen) atoms. The van der Waals surface area contributed by atoms with E-state index in [1.807, 2.05) is 20.1 Å². The van der Waals surface area contributed by atoms with Gasteiger partial charge in [-0.05, 0) is 37.2 Å². The third-order valence-electron chi connectivity index (χ3n) is 3.57. The maximum atomic E-state index is 12.4. The molecule has 10 heteroatoms. The Balaban J connectivity index is 5.02. The summed E-state index contributed by atoms with van der Waals surface area (Å²) in [4.78, 5) is 46.6. The monoisotopic (exact) mass is 391 g/mol. The summed E-state index contributed by atoms with van der Waals surface area (Å²) in [6, 6.07) is -3.10. The smallest absolute Gasteiger partial charge is 0.326 e. The molecule has 0 bridgehead atoms. The number of carboxylic acids is 2. The highest BCUT2D eigenvalue weighted by Crippen LogP contribution is 2.07. The third-order valence-corrected chi connectivity index (χ3v) is 4.22. The van der Waals surface area contributed by atoms with Crippen molar-refractivity contribution in [3.05, 3.63) is 0 Å². The molecule has 6 N–H and O–H groups in total. The minimum Gasteiger partial charge on any atom is -0.481 e. The lowest BCUT2D eigenvalue weighted by Crippen LogP contribution is -2.54. The van der Waals surface area contributed by atoms with Crippen molar-refractivity contribution in [3.8, 4) is 0 Å². The number of hydrogen-bond donors (Lipinski definition) is 5. The molecule has 0 aromatic carbocycles. The van der Waals surface area contributed by atoms with Gasteiger partial charge in [-0.3, -0.25) is 14.4 Å². The zero-order valence-electron chi connectivity index (χ0n) is 15.4. The van der Waals surface area contributed by atoms with E-state index in [0.717, 1.165) is 0 Å². The first-order valence-electron chi connectivity index (χ1n) is 8.38. The zero-order valence-corrected chi connectivity index (χ0v) is 16.2. The van der Waals surface area contributed by atoms with E-state index in [2.05, 4.69) is 10.6 Å². The van der Waals surface area contributed by atoms with Gasteiger partial charge in [0.1, 0.15) is 12.1 Å². The molecule has 0 heterocycles. The van der Waals surface area contributed by atoms with Crippen molar-refractivity contribution in [2.24, 2.45) is 11.7 Å². The summed E-state index contributed by atoms with van der Waals surface area (Å²) in [5, 5.41) is 22.9. The summed E-state index contributed by atoms with van der Waals surface area (Å²) in [5.41, 5.74) is 5.76. The summed E-state index contributed by atoms with van der Waals surface area (Å²) in [5.74, 6) is -2.92. The number of thioether (sulfide) groups is 1. The van der Waals surface area contributed by atoms with Gasteiger partial charge in [0.15, 0.2) is 0 Å². The van der Waals surface area contributed by atoms with E-state index in [1.165, 1.54) is 11.8 Å². The van der Waals surface area contributed by atoms with Crippen LogP contribution in [0.3, 0.4) is 0 Å². The first kappa shape index (κ1) is 24.2. The molecule has 0 unspecified atom stereocenters. The highest BCUT2D eigenvalue weighted by molar-refractivity contribution is 7.98. The lowest BCUT2D eigenvalue weighted by molar-refractivity contribution is -0.143. The molecular formula is C16H29N3O6S. The van der Waals surface area contributed by atoms with Crippen LogP contribution in [0, 0.1) is 5.92 Å². The van der Waals surface area contributed by atoms with E-state index in [9.17, 15) is 24.3 Å². The van der Waals surface area contributed by atoms with Crippen LogP contribution in [-0.2, 0) is 19.2 Å². The second kappa shape index (κ2) is 12.5. The van der Waals surface area contributed by atoms with Crippen LogP contribution in [0.2, 0.25) is 0 Å². The first-order chi connectivity index (χ1) is 12.1. The Morgan fingerprint density at radius 2 is 1.58 bits per heavy atom. The Labute approximate surface area is 157 Å². The molecule has 0 saturated carbocycles. The predicted molar refractivity (Wildman–Crippen MR) is 98.8 cm³/mol. The van der Waals surface area contributed by atoms with Gasteiger partial charge in [-0.25, -0.2) is 4.79 Å². The molecule has 3 atom stereocenters. The maximum absolute atomic E-state index is 12.4. The van der Waals surface area contributed by atoms with Gasteiger partial charge in [-0.1, -0.05) is 13.8 Å². The fourth-order valence-corrected chi connectivity index (χ4v) is 2.65. The van der Waals surface area contributed by atoms with E-state index in [-0.39, 0.29) is 25.2 Å². The van der Waals surface area contributed by atoms with Crippen molar-refractivity contribution < 1.29 is 29.4 Å². The minimum absolute atomic E-state index is 0.0310. The molecule has 150 valence electrons. The van der Waals surface area contributed by atoms with Crippen LogP contribution in [0.4, 0.5) is 0 Å². The molecule has 0 radical (unpaired) electrons. The average molecular weight is 391 g/mol. The predicted octanol–water partition coefficient (Wildman–Crippen LogP) is 0.0319. The van der Waals surface area contributed by atoms with Gasteiger partial charge in [0.2, 0.25) is 11.8 Å². The van der Waals surface area contributed by atoms with Gasteiger partial charge in [0.25, 0.3) is 0 Å². The van der Waals surface area contributed by atoms with Crippen molar-refractivity contribution in [2.75, 3.05) is 12.0 Å². The molecule has 9 nitrogen and oxygen atoms in total. The van der Waals surface area contributed by atoms with Crippen molar-refractivity contribution in [3.63, 3.8) is 0 Å². The number of hydrogen-bond acceptors (Lipinski definition) is 6. The Morgan fingerprint density at radius 3 is 2.04 bits per heavy atom. The summed E-state index contributed by atoms with van der Waals surface area (Å²) in [7, 11) is 0. The highest BCUT2D eigenvalue weighted by Gasteiger charge is 2.28. The lowest BCUT2D eigenvalue weighted by atomic mass is 10.0. The number of carboxylic acid groups (broad SMARTS) is 2. The van der Waals surface area contributed by atoms with E-state index < -0.39 is 41.9 Å². The van der Waals surface area contributed by atoms with Crippen LogP contribution in [-0.4, -0.2) is 64.1 Å². The van der Waals surface area contributed by atoms with Crippen molar-refractivity contribution in [1.29, 1.82) is 0 Å². The van der Waals surface area contributed by atoms with Crippen molar-refractivity contribution >= 4 is 35.5 Å². The third kappa shape index (κ3) is 10.2. The molecule has 0 spiro atoms. The Hall–Kier alpha value is -1.81. The molecule has 0 aromatic heterocycles. The lowest BCUT2D eigenvalue weighted by Gasteiger charge is -2.23. The number of nitrogens with two attached hydrogens (primary N) is 1. The Kier molecular flexibility index (Phi) is 11.7. The number of amides is 2. The van der Waals surface area contributed by atoms with Crippen LogP contribution < -0.4 is 16.4 Å². The Bertz CT molecular complexity index is 500. The number of aliphatic carboxylic acids is 2. The number of carbonyl (C=O) groups excluding carboxylic acids is 2. The van der Waals surface area contributed by atoms with Gasteiger partial charge in [0, 0.05) is 6.42 Å². The standard InChI is InChI=1S/C16H29N3O6S/c1-9(2)8-12(16(24)25)19-15(23)11(4-5-13(20)21)18-14(22)10(17)6-7-26-3/h9-12H,4-8,17H2,1-3H3,(H,18,22)(H,19,23)(H,20,21)(H,24,25)/t10-,11-,12-/m0/s1. The molecule has 0 rings (SSSR count). The SMILES string of the molecule is CSCC[C@H](N)C(=O)N[C@@H](CCC(=O)O)C(=O)N[C@@H](CC(C)C)C(=O)O. The summed E-state index contributed by atoms with van der Waals surface area (Å²) in [6.45, 7) is 3.63. The Morgan fingerprint density at radius 1 is 1.00 bits per heavy atom. The fourth-order valence-electron chi connectivity index (χ4n) is 2.16. The van der Waals surface area contributed by atoms with Crippen LogP contribution in [0.1, 0.15) is 39.5 Å². The number of rotatable bonds is 13. The van der Waals surface area contributed by atoms with Crippen molar-refractivity contribution in [2.45, 2.75) is 57.7 Å². The van der Waals surface area contributed by atoms with Gasteiger partial charge in [0.05, 0.1) is 6.04 Å². The highest BCUT2D eigenvalue weighted by atomic mass is 32.2. The number of nitrogens with one attached hydrogen (secondary N) is 2. The van der Waals surface area contributed by atoms with Crippen LogP contribution in [0.25, 0.3) is 0 Å². The second-order valence-electron chi connectivity index (χ2n) is 6.41. The first-order valence-corrected chi connectivity index (χ1v) is 9.77. The normalized spacial score (nSPS) is 14.3. The minimum atomic E-state index is -1.19. The molecule has 0 aromatic rings. The van der Waals surface area contributed by atoms with E-state index in [1.54, 1.807) is 0 Å². The largest absolute Gasteiger partial charge is 0.481 e. The topological polar surface area (TPSA) is 159 Å². The van der Waals surface area contributed by atoms with E-state index in [0.29, 0.717) is 12.2 Å². The summed E-state index contributed by atoms with van der Waals surface area (Å²) >= 11 is 1.52. The van der Waals surface area contributed by atoms with Crippen molar-refractivity contribution in [1.82, 2.24) is 10.6 Å². The fraction of sp³-hybridized carbons (Fsp3) is 0.750. The molecule has 0 saturated heterocycles. The van der Waals surface area contributed by atoms with Gasteiger partial charge < -0.3 is 26.6 Å². The van der Waals surface area contributed by atoms with E-state index >= 15 is 0 Å². The zero-order chi connectivity index (χ0) is 20.3. The van der Waals surface area contributed by atoms with Crippen LogP contribution in [0.15, 0.2) is 0 Å². The molecule has 0 aliphatic carbocycles. The molecular weight excluding hydrogens is 362 g/mol. The molecule has 0 fully saturated rings. The van der Waals surface area contributed by atoms with Gasteiger partial charge in [-0.15, -0.1) is 0 Å². The summed E-state index contributed by atoms with van der Waals surface area (Å²) in [6.07, 6.45) is 1.99. The number of carbonyl (C=O) groups is 4. The second-order valence-corrected chi connectivity index (χ2v) is 7.40. The van der Waals surface area contributed by atoms with E-state index in [4.69, 9.17) is 10.8 Å².